The molecule has 0 amide bonds. The second kappa shape index (κ2) is 5.21. The van der Waals surface area contributed by atoms with Crippen LogP contribution in [-0.2, 0) is 12.8 Å². The van der Waals surface area contributed by atoms with Crippen LogP contribution >= 0.6 is 15.9 Å². The van der Waals surface area contributed by atoms with Crippen molar-refractivity contribution >= 4 is 21.7 Å². The van der Waals surface area contributed by atoms with Crippen LogP contribution in [0.2, 0.25) is 0 Å². The standard InChI is InChI=1S/C16H13BrN4O/c17-13-7-12(8-19-14(13)18)15-20-16(22-21-15)11-5-4-9-2-1-3-10(9)6-11/h4-8H,1-3H2,(H2,18,19). The first kappa shape index (κ1) is 13.5. The van der Waals surface area contributed by atoms with Crippen LogP contribution in [-0.4, -0.2) is 15.1 Å². The molecule has 0 aliphatic heterocycles. The molecule has 4 rings (SSSR count). The van der Waals surface area contributed by atoms with Crippen molar-refractivity contribution in [3.8, 4) is 22.8 Å². The summed E-state index contributed by atoms with van der Waals surface area (Å²) in [4.78, 5) is 8.56. The number of nitrogens with two attached hydrogens (primary N) is 1. The van der Waals surface area contributed by atoms with Gasteiger partial charge < -0.3 is 10.3 Å². The zero-order valence-corrected chi connectivity index (χ0v) is 13.3. The van der Waals surface area contributed by atoms with Crippen LogP contribution in [0.15, 0.2) is 39.5 Å². The van der Waals surface area contributed by atoms with Crippen molar-refractivity contribution in [3.05, 3.63) is 46.1 Å². The topological polar surface area (TPSA) is 77.8 Å². The first-order chi connectivity index (χ1) is 10.7. The van der Waals surface area contributed by atoms with Gasteiger partial charge >= 0.3 is 0 Å². The highest BCUT2D eigenvalue weighted by molar-refractivity contribution is 9.10. The number of nitrogens with zero attached hydrogens (tertiary/aromatic N) is 3. The minimum absolute atomic E-state index is 0.436. The summed E-state index contributed by atoms with van der Waals surface area (Å²) in [5.74, 6) is 1.47. The Bertz CT molecular complexity index is 859. The molecule has 1 aliphatic rings. The van der Waals surface area contributed by atoms with Gasteiger partial charge in [-0.3, -0.25) is 0 Å². The summed E-state index contributed by atoms with van der Waals surface area (Å²) >= 11 is 3.36. The van der Waals surface area contributed by atoms with Crippen LogP contribution in [0.4, 0.5) is 5.82 Å². The van der Waals surface area contributed by atoms with E-state index in [-0.39, 0.29) is 0 Å². The van der Waals surface area contributed by atoms with Crippen LogP contribution < -0.4 is 5.73 Å². The molecule has 0 atom stereocenters. The molecular weight excluding hydrogens is 344 g/mol. The van der Waals surface area contributed by atoms with Gasteiger partial charge in [0.15, 0.2) is 0 Å². The normalized spacial score (nSPS) is 13.3. The third-order valence-corrected chi connectivity index (χ3v) is 4.53. The van der Waals surface area contributed by atoms with E-state index in [2.05, 4.69) is 43.2 Å². The Morgan fingerprint density at radius 1 is 1.09 bits per heavy atom. The van der Waals surface area contributed by atoms with Crippen molar-refractivity contribution in [2.24, 2.45) is 0 Å². The number of halogens is 1. The Labute approximate surface area is 135 Å². The number of aryl methyl sites for hydroxylation is 2. The molecule has 6 heteroatoms. The van der Waals surface area contributed by atoms with Crippen LogP contribution in [0.25, 0.3) is 22.8 Å². The van der Waals surface area contributed by atoms with E-state index >= 15 is 0 Å². The van der Waals surface area contributed by atoms with E-state index in [1.54, 1.807) is 6.20 Å². The summed E-state index contributed by atoms with van der Waals surface area (Å²) in [5.41, 5.74) is 10.2. The van der Waals surface area contributed by atoms with Gasteiger partial charge in [0.25, 0.3) is 5.89 Å². The van der Waals surface area contributed by atoms with Crippen molar-refractivity contribution in [1.82, 2.24) is 15.1 Å². The molecule has 1 aliphatic carbocycles. The van der Waals surface area contributed by atoms with Gasteiger partial charge in [-0.2, -0.15) is 4.98 Å². The first-order valence-corrected chi connectivity index (χ1v) is 7.87. The molecule has 0 bridgehead atoms. The number of rotatable bonds is 2. The highest BCUT2D eigenvalue weighted by atomic mass is 79.9. The molecule has 2 aromatic heterocycles. The first-order valence-electron chi connectivity index (χ1n) is 7.08. The lowest BCUT2D eigenvalue weighted by Gasteiger charge is -2.00. The molecule has 22 heavy (non-hydrogen) atoms. The fourth-order valence-electron chi connectivity index (χ4n) is 2.73. The molecule has 0 unspecified atom stereocenters. The highest BCUT2D eigenvalue weighted by Gasteiger charge is 2.16. The van der Waals surface area contributed by atoms with Crippen LogP contribution in [0.3, 0.4) is 0 Å². The molecule has 0 spiro atoms. The summed E-state index contributed by atoms with van der Waals surface area (Å²) in [5, 5.41) is 4.04. The minimum Gasteiger partial charge on any atom is -0.383 e. The Morgan fingerprint density at radius 3 is 2.82 bits per heavy atom. The van der Waals surface area contributed by atoms with E-state index in [9.17, 15) is 0 Å². The molecule has 0 radical (unpaired) electrons. The number of nitrogen functional groups attached to an aromatic ring is 1. The molecule has 0 saturated carbocycles. The maximum atomic E-state index is 5.69. The Hall–Kier alpha value is -2.21. The van der Waals surface area contributed by atoms with Crippen molar-refractivity contribution in [3.63, 3.8) is 0 Å². The minimum atomic E-state index is 0.436. The van der Waals surface area contributed by atoms with Crippen molar-refractivity contribution in [2.75, 3.05) is 5.73 Å². The van der Waals surface area contributed by atoms with E-state index in [1.807, 2.05) is 12.1 Å². The predicted octanol–water partition coefficient (Wildman–Crippen LogP) is 3.63. The van der Waals surface area contributed by atoms with E-state index in [1.165, 1.54) is 17.5 Å². The Kier molecular flexibility index (Phi) is 3.18. The second-order valence-electron chi connectivity index (χ2n) is 5.35. The fraction of sp³-hybridized carbons (Fsp3) is 0.188. The lowest BCUT2D eigenvalue weighted by Crippen LogP contribution is -1.92. The van der Waals surface area contributed by atoms with E-state index in [4.69, 9.17) is 10.3 Å². The van der Waals surface area contributed by atoms with Crippen LogP contribution in [0.1, 0.15) is 17.5 Å². The monoisotopic (exact) mass is 356 g/mol. The lowest BCUT2D eigenvalue weighted by atomic mass is 10.1. The predicted molar refractivity (Wildman–Crippen MR) is 87.1 cm³/mol. The molecule has 0 fully saturated rings. The van der Waals surface area contributed by atoms with Crippen LogP contribution in [0, 0.1) is 0 Å². The van der Waals surface area contributed by atoms with Gasteiger partial charge in [0.1, 0.15) is 5.82 Å². The summed E-state index contributed by atoms with van der Waals surface area (Å²) in [6.45, 7) is 0. The number of benzene rings is 1. The molecule has 2 heterocycles. The zero-order chi connectivity index (χ0) is 15.1. The lowest BCUT2D eigenvalue weighted by molar-refractivity contribution is 0.432. The number of anilines is 1. The van der Waals surface area contributed by atoms with Crippen molar-refractivity contribution in [1.29, 1.82) is 0 Å². The van der Waals surface area contributed by atoms with Gasteiger partial charge in [-0.15, -0.1) is 0 Å². The molecule has 5 nitrogen and oxygen atoms in total. The zero-order valence-electron chi connectivity index (χ0n) is 11.7. The molecule has 0 saturated heterocycles. The van der Waals surface area contributed by atoms with Gasteiger partial charge in [0.05, 0.1) is 4.47 Å². The number of fused-ring (bicyclic) bond motifs is 1. The summed E-state index contributed by atoms with van der Waals surface area (Å²) in [6.07, 6.45) is 5.14. The van der Waals surface area contributed by atoms with Gasteiger partial charge in [0.2, 0.25) is 5.82 Å². The summed E-state index contributed by atoms with van der Waals surface area (Å²) in [7, 11) is 0. The maximum Gasteiger partial charge on any atom is 0.258 e. The molecule has 1 aromatic carbocycles. The van der Waals surface area contributed by atoms with Gasteiger partial charge in [0, 0.05) is 17.3 Å². The molecule has 3 aromatic rings. The number of aromatic nitrogens is 3. The second-order valence-corrected chi connectivity index (χ2v) is 6.21. The Morgan fingerprint density at radius 2 is 1.95 bits per heavy atom. The van der Waals surface area contributed by atoms with E-state index < -0.39 is 0 Å². The molecular formula is C16H13BrN4O. The number of hydrogen-bond acceptors (Lipinski definition) is 5. The van der Waals surface area contributed by atoms with Crippen LogP contribution in [0.5, 0.6) is 0 Å². The third-order valence-electron chi connectivity index (χ3n) is 3.90. The van der Waals surface area contributed by atoms with Crippen molar-refractivity contribution in [2.45, 2.75) is 19.3 Å². The third kappa shape index (κ3) is 2.29. The van der Waals surface area contributed by atoms with Gasteiger partial charge in [-0.05, 0) is 64.5 Å². The van der Waals surface area contributed by atoms with E-state index in [0.717, 1.165) is 24.0 Å². The average Bonchev–Trinajstić information content (AvgIpc) is 3.17. The largest absolute Gasteiger partial charge is 0.383 e. The fourth-order valence-corrected chi connectivity index (χ4v) is 3.08. The van der Waals surface area contributed by atoms with E-state index in [0.29, 0.717) is 22.0 Å². The quantitative estimate of drug-likeness (QED) is 0.758. The Balaban J connectivity index is 1.70. The van der Waals surface area contributed by atoms with Crippen molar-refractivity contribution < 1.29 is 4.52 Å². The maximum absolute atomic E-state index is 5.69. The number of hydrogen-bond donors (Lipinski definition) is 1. The molecule has 2 N–H and O–H groups in total. The summed E-state index contributed by atoms with van der Waals surface area (Å²) < 4.78 is 6.12. The van der Waals surface area contributed by atoms with Gasteiger partial charge in [-0.25, -0.2) is 4.98 Å². The smallest absolute Gasteiger partial charge is 0.258 e. The summed E-state index contributed by atoms with van der Waals surface area (Å²) in [6, 6.07) is 8.18. The average molecular weight is 357 g/mol. The SMILES string of the molecule is Nc1ncc(-c2noc(-c3ccc4c(c3)CCC4)n2)cc1Br. The molecule has 110 valence electrons. The van der Waals surface area contributed by atoms with Gasteiger partial charge in [-0.1, -0.05) is 11.2 Å². The number of pyridine rings is 1. The highest BCUT2D eigenvalue weighted by Crippen LogP contribution is 2.29.